The molecule has 18 heavy (non-hydrogen) atoms. The first-order chi connectivity index (χ1) is 8.54. The lowest BCUT2D eigenvalue weighted by atomic mass is 9.99. The fourth-order valence-corrected chi connectivity index (χ4v) is 3.29. The fourth-order valence-electron chi connectivity index (χ4n) is 3.29. The molecule has 0 radical (unpaired) electrons. The van der Waals surface area contributed by atoms with Crippen molar-refractivity contribution in [2.45, 2.75) is 51.6 Å². The number of nitrogens with one attached hydrogen (secondary N) is 1. The van der Waals surface area contributed by atoms with Crippen LogP contribution in [-0.2, 0) is 4.79 Å². The Balaban J connectivity index is 1.99. The van der Waals surface area contributed by atoms with E-state index in [-0.39, 0.29) is 5.54 Å². The van der Waals surface area contributed by atoms with Gasteiger partial charge in [0.1, 0.15) is 0 Å². The second-order valence-corrected chi connectivity index (χ2v) is 6.21. The lowest BCUT2D eigenvalue weighted by molar-refractivity contribution is -0.134. The van der Waals surface area contributed by atoms with E-state index in [9.17, 15) is 4.79 Å². The highest BCUT2D eigenvalue weighted by atomic mass is 16.2. The van der Waals surface area contributed by atoms with Gasteiger partial charge in [-0.05, 0) is 26.7 Å². The van der Waals surface area contributed by atoms with Crippen LogP contribution in [-0.4, -0.2) is 60.0 Å². The topological polar surface area (TPSA) is 35.6 Å². The summed E-state index contributed by atoms with van der Waals surface area (Å²) in [6, 6.07) is 0.558. The summed E-state index contributed by atoms with van der Waals surface area (Å²) in [6.07, 6.45) is 2.75. The Morgan fingerprint density at radius 1 is 1.33 bits per heavy atom. The second kappa shape index (κ2) is 5.57. The van der Waals surface area contributed by atoms with Crippen molar-refractivity contribution in [2.24, 2.45) is 0 Å². The molecule has 2 saturated heterocycles. The summed E-state index contributed by atoms with van der Waals surface area (Å²) in [5.74, 6) is 0.333. The van der Waals surface area contributed by atoms with Crippen LogP contribution < -0.4 is 5.32 Å². The quantitative estimate of drug-likeness (QED) is 0.817. The van der Waals surface area contributed by atoms with Crippen LogP contribution in [0.5, 0.6) is 0 Å². The van der Waals surface area contributed by atoms with Gasteiger partial charge >= 0.3 is 0 Å². The van der Waals surface area contributed by atoms with Gasteiger partial charge in [-0.1, -0.05) is 6.92 Å². The number of amides is 1. The predicted molar refractivity (Wildman–Crippen MR) is 73.5 cm³/mol. The fraction of sp³-hybridized carbons (Fsp3) is 0.929. The van der Waals surface area contributed by atoms with Gasteiger partial charge in [0.05, 0.1) is 0 Å². The van der Waals surface area contributed by atoms with Crippen molar-refractivity contribution in [3.8, 4) is 0 Å². The van der Waals surface area contributed by atoms with E-state index in [4.69, 9.17) is 0 Å². The van der Waals surface area contributed by atoms with Gasteiger partial charge in [0, 0.05) is 50.7 Å². The monoisotopic (exact) mass is 253 g/mol. The minimum atomic E-state index is 0.0296. The summed E-state index contributed by atoms with van der Waals surface area (Å²) in [4.78, 5) is 16.9. The molecule has 0 saturated carbocycles. The number of nitrogens with zero attached hydrogens (tertiary/aromatic N) is 2. The van der Waals surface area contributed by atoms with Gasteiger partial charge in [-0.15, -0.1) is 0 Å². The number of hydrogen-bond donors (Lipinski definition) is 1. The third-order valence-electron chi connectivity index (χ3n) is 4.29. The maximum Gasteiger partial charge on any atom is 0.223 e. The molecule has 1 unspecified atom stereocenters. The molecule has 1 amide bonds. The average molecular weight is 253 g/mol. The summed E-state index contributed by atoms with van der Waals surface area (Å²) >= 11 is 0. The van der Waals surface area contributed by atoms with Crippen LogP contribution in [0.25, 0.3) is 0 Å². The lowest BCUT2D eigenvalue weighted by Gasteiger charge is -2.32. The third kappa shape index (κ3) is 2.86. The molecule has 2 aliphatic heterocycles. The molecule has 4 nitrogen and oxygen atoms in total. The predicted octanol–water partition coefficient (Wildman–Crippen LogP) is 1.07. The number of carbonyl (C=O) groups is 1. The molecule has 2 fully saturated rings. The second-order valence-electron chi connectivity index (χ2n) is 6.21. The molecule has 0 aromatic rings. The Hall–Kier alpha value is -0.610. The maximum atomic E-state index is 12.2. The van der Waals surface area contributed by atoms with Crippen molar-refractivity contribution in [3.05, 3.63) is 0 Å². The first kappa shape index (κ1) is 13.8. The van der Waals surface area contributed by atoms with Gasteiger partial charge in [0.2, 0.25) is 5.91 Å². The van der Waals surface area contributed by atoms with Gasteiger partial charge in [-0.3, -0.25) is 9.69 Å². The molecule has 0 aromatic carbocycles. The van der Waals surface area contributed by atoms with Crippen molar-refractivity contribution in [2.75, 3.05) is 32.7 Å². The van der Waals surface area contributed by atoms with Gasteiger partial charge in [-0.25, -0.2) is 0 Å². The van der Waals surface area contributed by atoms with E-state index in [0.29, 0.717) is 18.4 Å². The minimum Gasteiger partial charge on any atom is -0.336 e. The molecule has 2 rings (SSSR count). The van der Waals surface area contributed by atoms with E-state index in [2.05, 4.69) is 35.9 Å². The van der Waals surface area contributed by atoms with Crippen molar-refractivity contribution in [3.63, 3.8) is 0 Å². The number of hydrogen-bond acceptors (Lipinski definition) is 3. The molecule has 1 N–H and O–H groups in total. The Kier molecular flexibility index (Phi) is 4.28. The Bertz CT molecular complexity index is 297. The Morgan fingerprint density at radius 2 is 2.00 bits per heavy atom. The number of likely N-dealkylation sites (tertiary alicyclic amines) is 1. The molecule has 0 bridgehead atoms. The minimum absolute atomic E-state index is 0.0296. The smallest absolute Gasteiger partial charge is 0.223 e. The lowest BCUT2D eigenvalue weighted by Crippen LogP contribution is -2.49. The van der Waals surface area contributed by atoms with Crippen LogP contribution in [0.3, 0.4) is 0 Å². The van der Waals surface area contributed by atoms with Crippen molar-refractivity contribution in [1.82, 2.24) is 15.1 Å². The summed E-state index contributed by atoms with van der Waals surface area (Å²) in [7, 11) is 0. The first-order valence-corrected chi connectivity index (χ1v) is 7.30. The van der Waals surface area contributed by atoms with Crippen molar-refractivity contribution >= 4 is 5.91 Å². The molecule has 104 valence electrons. The third-order valence-corrected chi connectivity index (χ3v) is 4.29. The molecule has 0 spiro atoms. The van der Waals surface area contributed by atoms with E-state index in [1.807, 2.05) is 0 Å². The summed E-state index contributed by atoms with van der Waals surface area (Å²) < 4.78 is 0. The van der Waals surface area contributed by atoms with Crippen molar-refractivity contribution < 1.29 is 4.79 Å². The van der Waals surface area contributed by atoms with E-state index in [1.54, 1.807) is 0 Å². The van der Waals surface area contributed by atoms with Gasteiger partial charge < -0.3 is 10.2 Å². The number of rotatable bonds is 3. The standard InChI is InChI=1S/C14H27N3O/c1-4-5-13(18)17-11-12(10-14(17,2)3)16-8-6-15-7-9-16/h12,15H,4-11H2,1-3H3. The molecule has 2 heterocycles. The van der Waals surface area contributed by atoms with Crippen LogP contribution in [0.15, 0.2) is 0 Å². The van der Waals surface area contributed by atoms with Gasteiger partial charge in [-0.2, -0.15) is 0 Å². The van der Waals surface area contributed by atoms with E-state index < -0.39 is 0 Å². The molecular weight excluding hydrogens is 226 g/mol. The van der Waals surface area contributed by atoms with Crippen LogP contribution in [0.2, 0.25) is 0 Å². The van der Waals surface area contributed by atoms with E-state index in [1.165, 1.54) is 0 Å². The van der Waals surface area contributed by atoms with E-state index in [0.717, 1.165) is 45.6 Å². The van der Waals surface area contributed by atoms with E-state index >= 15 is 0 Å². The molecule has 0 aromatic heterocycles. The zero-order chi connectivity index (χ0) is 13.2. The molecule has 1 atom stereocenters. The summed E-state index contributed by atoms with van der Waals surface area (Å²) in [5, 5.41) is 3.39. The Morgan fingerprint density at radius 3 is 2.61 bits per heavy atom. The first-order valence-electron chi connectivity index (χ1n) is 7.30. The highest BCUT2D eigenvalue weighted by Gasteiger charge is 2.42. The average Bonchev–Trinajstić information content (AvgIpc) is 2.67. The Labute approximate surface area is 111 Å². The van der Waals surface area contributed by atoms with Crippen LogP contribution >= 0.6 is 0 Å². The van der Waals surface area contributed by atoms with Gasteiger partial charge in [0.25, 0.3) is 0 Å². The van der Waals surface area contributed by atoms with Crippen molar-refractivity contribution in [1.29, 1.82) is 0 Å². The molecular formula is C14H27N3O. The molecule has 0 aliphatic carbocycles. The summed E-state index contributed by atoms with van der Waals surface area (Å²) in [5.41, 5.74) is 0.0296. The number of carbonyl (C=O) groups excluding carboxylic acids is 1. The zero-order valence-electron chi connectivity index (χ0n) is 12.0. The maximum absolute atomic E-state index is 12.2. The SMILES string of the molecule is CCCC(=O)N1CC(N2CCNCC2)CC1(C)C. The zero-order valence-corrected chi connectivity index (χ0v) is 12.0. The largest absolute Gasteiger partial charge is 0.336 e. The molecule has 4 heteroatoms. The highest BCUT2D eigenvalue weighted by molar-refractivity contribution is 5.77. The molecule has 2 aliphatic rings. The highest BCUT2D eigenvalue weighted by Crippen LogP contribution is 2.32. The van der Waals surface area contributed by atoms with Crippen LogP contribution in [0.1, 0.15) is 40.0 Å². The normalized spacial score (nSPS) is 28.6. The summed E-state index contributed by atoms with van der Waals surface area (Å²) in [6.45, 7) is 11.8. The number of piperazine rings is 1. The van der Waals surface area contributed by atoms with Crippen LogP contribution in [0, 0.1) is 0 Å². The van der Waals surface area contributed by atoms with Crippen LogP contribution in [0.4, 0.5) is 0 Å². The van der Waals surface area contributed by atoms with Gasteiger partial charge in [0.15, 0.2) is 0 Å².